The van der Waals surface area contributed by atoms with Gasteiger partial charge in [-0.1, -0.05) is 30.3 Å². The van der Waals surface area contributed by atoms with Gasteiger partial charge in [-0.15, -0.1) is 0 Å². The van der Waals surface area contributed by atoms with Crippen molar-refractivity contribution in [2.45, 2.75) is 25.2 Å². The third-order valence-electron chi connectivity index (χ3n) is 2.33. The van der Waals surface area contributed by atoms with E-state index in [0.29, 0.717) is 0 Å². The summed E-state index contributed by atoms with van der Waals surface area (Å²) in [5.74, 6) is 0. The van der Waals surface area contributed by atoms with Crippen molar-refractivity contribution in [3.8, 4) is 0 Å². The summed E-state index contributed by atoms with van der Waals surface area (Å²) in [5, 5.41) is 11.0. The van der Waals surface area contributed by atoms with E-state index in [9.17, 15) is 13.2 Å². The number of nitrogens with one attached hydrogen (secondary N) is 1. The van der Waals surface area contributed by atoms with Gasteiger partial charge in [-0.05, 0) is 12.5 Å². The second-order valence-electron chi connectivity index (χ2n) is 3.58. The van der Waals surface area contributed by atoms with E-state index in [1.54, 1.807) is 37.3 Å². The molecule has 0 heterocycles. The van der Waals surface area contributed by atoms with Gasteiger partial charge in [0.15, 0.2) is 0 Å². The van der Waals surface area contributed by atoms with Gasteiger partial charge in [-0.3, -0.25) is 5.32 Å². The molecule has 1 aromatic carbocycles. The Morgan fingerprint density at radius 1 is 1.25 bits per heavy atom. The molecule has 0 aromatic heterocycles. The predicted octanol–water partition coefficient (Wildman–Crippen LogP) is 2.26. The molecule has 0 aliphatic heterocycles. The smallest absolute Gasteiger partial charge is 0.394 e. The van der Waals surface area contributed by atoms with Crippen LogP contribution < -0.4 is 5.32 Å². The average Bonchev–Trinajstić information content (AvgIpc) is 2.25. The molecule has 0 spiro atoms. The van der Waals surface area contributed by atoms with E-state index in [1.807, 2.05) is 0 Å². The van der Waals surface area contributed by atoms with Crippen LogP contribution in [-0.4, -0.2) is 23.9 Å². The molecule has 1 unspecified atom stereocenters. The summed E-state index contributed by atoms with van der Waals surface area (Å²) in [6.07, 6.45) is -4.43. The summed E-state index contributed by atoms with van der Waals surface area (Å²) in [4.78, 5) is 0. The number of halogens is 3. The molecule has 0 aliphatic carbocycles. The fourth-order valence-electron chi connectivity index (χ4n) is 1.39. The first-order valence-electron chi connectivity index (χ1n) is 4.93. The van der Waals surface area contributed by atoms with E-state index >= 15 is 0 Å². The van der Waals surface area contributed by atoms with Crippen LogP contribution in [0.3, 0.4) is 0 Å². The third kappa shape index (κ3) is 3.50. The standard InChI is InChI=1S/C11H14F3NO/c1-8(9-5-3-2-4-6-9)15-10(7-16)11(12,13)14/h2-6,8,10,15-16H,7H2,1H3/t8-,10?/m0/s1. The molecule has 2 nitrogen and oxygen atoms in total. The number of aliphatic hydroxyl groups excluding tert-OH is 1. The van der Waals surface area contributed by atoms with E-state index < -0.39 is 24.9 Å². The number of rotatable bonds is 4. The maximum atomic E-state index is 12.4. The van der Waals surface area contributed by atoms with Gasteiger partial charge in [0.05, 0.1) is 6.61 Å². The van der Waals surface area contributed by atoms with Crippen LogP contribution in [0.2, 0.25) is 0 Å². The van der Waals surface area contributed by atoms with Gasteiger partial charge in [0.25, 0.3) is 0 Å². The van der Waals surface area contributed by atoms with Gasteiger partial charge in [-0.2, -0.15) is 13.2 Å². The molecule has 1 aromatic rings. The summed E-state index contributed by atoms with van der Waals surface area (Å²) in [6.45, 7) is 0.671. The Morgan fingerprint density at radius 2 is 1.81 bits per heavy atom. The summed E-state index contributed by atoms with van der Waals surface area (Å²) >= 11 is 0. The predicted molar refractivity (Wildman–Crippen MR) is 54.9 cm³/mol. The van der Waals surface area contributed by atoms with Crippen LogP contribution >= 0.6 is 0 Å². The van der Waals surface area contributed by atoms with Gasteiger partial charge in [0.1, 0.15) is 6.04 Å². The van der Waals surface area contributed by atoms with Crippen molar-refractivity contribution in [1.29, 1.82) is 0 Å². The first kappa shape index (κ1) is 13.0. The zero-order valence-corrected chi connectivity index (χ0v) is 8.83. The lowest BCUT2D eigenvalue weighted by atomic mass is 10.1. The number of benzene rings is 1. The minimum atomic E-state index is -4.43. The molecule has 0 aliphatic rings. The summed E-state index contributed by atoms with van der Waals surface area (Å²) < 4.78 is 37.1. The Morgan fingerprint density at radius 3 is 2.25 bits per heavy atom. The van der Waals surface area contributed by atoms with Gasteiger partial charge in [0, 0.05) is 6.04 Å². The van der Waals surface area contributed by atoms with E-state index in [2.05, 4.69) is 5.32 Å². The summed E-state index contributed by atoms with van der Waals surface area (Å²) in [6, 6.07) is 6.45. The van der Waals surface area contributed by atoms with E-state index in [1.165, 1.54) is 0 Å². The molecular formula is C11H14F3NO. The van der Waals surface area contributed by atoms with Gasteiger partial charge < -0.3 is 5.11 Å². The molecule has 0 saturated carbocycles. The molecule has 0 bridgehead atoms. The minimum Gasteiger partial charge on any atom is -0.394 e. The molecule has 0 radical (unpaired) electrons. The second kappa shape index (κ2) is 5.32. The van der Waals surface area contributed by atoms with E-state index in [0.717, 1.165) is 5.56 Å². The molecule has 2 atom stereocenters. The van der Waals surface area contributed by atoms with Gasteiger partial charge in [-0.25, -0.2) is 0 Å². The maximum absolute atomic E-state index is 12.4. The molecule has 16 heavy (non-hydrogen) atoms. The third-order valence-corrected chi connectivity index (χ3v) is 2.33. The van der Waals surface area contributed by atoms with Gasteiger partial charge >= 0.3 is 6.18 Å². The normalized spacial score (nSPS) is 15.8. The first-order valence-corrected chi connectivity index (χ1v) is 4.93. The van der Waals surface area contributed by atoms with Crippen LogP contribution in [0.1, 0.15) is 18.5 Å². The summed E-state index contributed by atoms with van der Waals surface area (Å²) in [7, 11) is 0. The van der Waals surface area contributed by atoms with Crippen LogP contribution in [0.25, 0.3) is 0 Å². The van der Waals surface area contributed by atoms with Crippen LogP contribution in [0.15, 0.2) is 30.3 Å². The number of hydrogen-bond acceptors (Lipinski definition) is 2. The number of aliphatic hydroxyl groups is 1. The highest BCUT2D eigenvalue weighted by Crippen LogP contribution is 2.22. The molecule has 0 saturated heterocycles. The topological polar surface area (TPSA) is 32.3 Å². The molecule has 0 amide bonds. The average molecular weight is 233 g/mol. The van der Waals surface area contributed by atoms with Crippen molar-refractivity contribution < 1.29 is 18.3 Å². The zero-order valence-electron chi connectivity index (χ0n) is 8.83. The Bertz CT molecular complexity index is 313. The lowest BCUT2D eigenvalue weighted by Gasteiger charge is -2.24. The zero-order chi connectivity index (χ0) is 12.2. The minimum absolute atomic E-state index is 0.458. The van der Waals surface area contributed by atoms with Crippen LogP contribution in [0.4, 0.5) is 13.2 Å². The van der Waals surface area contributed by atoms with Crippen molar-refractivity contribution in [2.75, 3.05) is 6.61 Å². The van der Waals surface area contributed by atoms with Crippen LogP contribution in [0, 0.1) is 0 Å². The molecule has 5 heteroatoms. The quantitative estimate of drug-likeness (QED) is 0.836. The van der Waals surface area contributed by atoms with Crippen LogP contribution in [0.5, 0.6) is 0 Å². The highest BCUT2D eigenvalue weighted by atomic mass is 19.4. The molecular weight excluding hydrogens is 219 g/mol. The van der Waals surface area contributed by atoms with Crippen LogP contribution in [-0.2, 0) is 0 Å². The van der Waals surface area contributed by atoms with E-state index in [-0.39, 0.29) is 0 Å². The lowest BCUT2D eigenvalue weighted by Crippen LogP contribution is -2.45. The van der Waals surface area contributed by atoms with Gasteiger partial charge in [0.2, 0.25) is 0 Å². The van der Waals surface area contributed by atoms with Crippen molar-refractivity contribution in [2.24, 2.45) is 0 Å². The Kier molecular flexibility index (Phi) is 4.32. The SMILES string of the molecule is C[C@H](NC(CO)C(F)(F)F)c1ccccc1. The largest absolute Gasteiger partial charge is 0.406 e. The summed E-state index contributed by atoms with van der Waals surface area (Å²) in [5.41, 5.74) is 0.755. The Hall–Kier alpha value is -1.07. The molecule has 2 N–H and O–H groups in total. The Balaban J connectivity index is 2.67. The number of alkyl halides is 3. The highest BCUT2D eigenvalue weighted by Gasteiger charge is 2.39. The molecule has 0 fully saturated rings. The Labute approximate surface area is 92.1 Å². The van der Waals surface area contributed by atoms with Crippen molar-refractivity contribution in [3.63, 3.8) is 0 Å². The first-order chi connectivity index (χ1) is 7.45. The molecule has 1 rings (SSSR count). The van der Waals surface area contributed by atoms with Crippen molar-refractivity contribution in [1.82, 2.24) is 5.32 Å². The lowest BCUT2D eigenvalue weighted by molar-refractivity contribution is -0.165. The number of hydrogen-bond donors (Lipinski definition) is 2. The van der Waals surface area contributed by atoms with Crippen molar-refractivity contribution in [3.05, 3.63) is 35.9 Å². The highest BCUT2D eigenvalue weighted by molar-refractivity contribution is 5.18. The second-order valence-corrected chi connectivity index (χ2v) is 3.58. The fourth-order valence-corrected chi connectivity index (χ4v) is 1.39. The fraction of sp³-hybridized carbons (Fsp3) is 0.455. The molecule has 90 valence electrons. The maximum Gasteiger partial charge on any atom is 0.406 e. The van der Waals surface area contributed by atoms with E-state index in [4.69, 9.17) is 5.11 Å². The monoisotopic (exact) mass is 233 g/mol. The van der Waals surface area contributed by atoms with Crippen molar-refractivity contribution >= 4 is 0 Å².